The summed E-state index contributed by atoms with van der Waals surface area (Å²) >= 11 is 11.7. The number of aryl methyl sites for hydroxylation is 1. The average Bonchev–Trinajstić information content (AvgIpc) is 2.72. The van der Waals surface area contributed by atoms with Crippen LogP contribution >= 0.6 is 23.2 Å². The van der Waals surface area contributed by atoms with Gasteiger partial charge in [0, 0.05) is 12.8 Å². The maximum atomic E-state index is 14.8. The summed E-state index contributed by atoms with van der Waals surface area (Å²) in [6.45, 7) is 15.4. The van der Waals surface area contributed by atoms with Gasteiger partial charge in [-0.05, 0) is 48.5 Å². The molecule has 35 heavy (non-hydrogen) atoms. The topological polar surface area (TPSA) is 107 Å². The molecule has 11 heteroatoms. The van der Waals surface area contributed by atoms with Crippen LogP contribution in [0.4, 0.5) is 10.1 Å². The molecule has 0 aliphatic heterocycles. The minimum Gasteiger partial charge on any atom is -0.417 e. The average molecular weight is 544 g/mol. The summed E-state index contributed by atoms with van der Waals surface area (Å²) in [4.78, 5) is 33.1. The van der Waals surface area contributed by atoms with Gasteiger partial charge in [0.1, 0.15) is 5.15 Å². The zero-order valence-electron chi connectivity index (χ0n) is 21.2. The van der Waals surface area contributed by atoms with Crippen LogP contribution in [-0.2, 0) is 10.8 Å². The molecule has 0 saturated carbocycles. The molecule has 0 bridgehead atoms. The maximum Gasteiger partial charge on any atom is 0.259 e. The third kappa shape index (κ3) is 6.78. The lowest BCUT2D eigenvalue weighted by Gasteiger charge is -2.36. The van der Waals surface area contributed by atoms with Gasteiger partial charge in [0.05, 0.1) is 22.5 Å². The molecule has 0 aromatic carbocycles. The third-order valence-electron chi connectivity index (χ3n) is 6.24. The molecule has 192 valence electrons. The first-order valence-corrected chi connectivity index (χ1v) is 15.0. The lowest BCUT2D eigenvalue weighted by atomic mass is 10.0. The number of hydrogen-bond acceptors (Lipinski definition) is 5. The third-order valence-corrected chi connectivity index (χ3v) is 11.3. The summed E-state index contributed by atoms with van der Waals surface area (Å²) < 4.78 is 21.1. The minimum absolute atomic E-state index is 0.0428. The van der Waals surface area contributed by atoms with Crippen molar-refractivity contribution in [3.63, 3.8) is 0 Å². The molecule has 0 spiro atoms. The number of aromatic nitrogens is 2. The van der Waals surface area contributed by atoms with E-state index in [4.69, 9.17) is 33.4 Å². The number of nitrogens with two attached hydrogens (primary N) is 1. The van der Waals surface area contributed by atoms with E-state index in [0.29, 0.717) is 30.8 Å². The molecule has 3 N–H and O–H groups in total. The lowest BCUT2D eigenvalue weighted by Crippen LogP contribution is -2.41. The Morgan fingerprint density at radius 2 is 1.83 bits per heavy atom. The number of carbonyl (C=O) groups excluding carboxylic acids is 2. The maximum absolute atomic E-state index is 14.8. The van der Waals surface area contributed by atoms with E-state index in [2.05, 4.69) is 49.1 Å². The van der Waals surface area contributed by atoms with Gasteiger partial charge in [0.15, 0.2) is 19.3 Å². The molecule has 0 aliphatic carbocycles. The number of primary amides is 1. The van der Waals surface area contributed by atoms with E-state index in [9.17, 15) is 14.0 Å². The van der Waals surface area contributed by atoms with Crippen molar-refractivity contribution in [3.05, 3.63) is 50.8 Å². The molecule has 7 nitrogen and oxygen atoms in total. The van der Waals surface area contributed by atoms with Crippen molar-refractivity contribution >= 4 is 49.0 Å². The molecule has 0 atom stereocenters. The molecular weight excluding hydrogens is 510 g/mol. The molecule has 0 radical (unpaired) electrons. The second kappa shape index (κ2) is 11.3. The molecule has 0 aliphatic rings. The number of amides is 2. The van der Waals surface area contributed by atoms with E-state index < -0.39 is 47.4 Å². The van der Waals surface area contributed by atoms with Crippen LogP contribution in [0.2, 0.25) is 28.4 Å². The second-order valence-electron chi connectivity index (χ2n) is 10.2. The number of nitrogens with one attached hydrogen (secondary N) is 1. The first-order chi connectivity index (χ1) is 16.1. The van der Waals surface area contributed by atoms with Crippen molar-refractivity contribution in [1.29, 1.82) is 0 Å². The summed E-state index contributed by atoms with van der Waals surface area (Å²) in [5.41, 5.74) is 6.02. The number of anilines is 1. The van der Waals surface area contributed by atoms with Crippen LogP contribution in [0.3, 0.4) is 0 Å². The Bertz CT molecular complexity index is 1120. The molecule has 2 aromatic rings. The lowest BCUT2D eigenvalue weighted by molar-refractivity contribution is 0.0973. The van der Waals surface area contributed by atoms with E-state index in [1.54, 1.807) is 12.3 Å². The molecule has 0 unspecified atom stereocenters. The van der Waals surface area contributed by atoms with Gasteiger partial charge in [-0.25, -0.2) is 9.37 Å². The number of carbonyl (C=O) groups is 2. The zero-order valence-corrected chi connectivity index (χ0v) is 23.7. The predicted molar refractivity (Wildman–Crippen MR) is 140 cm³/mol. The highest BCUT2D eigenvalue weighted by atomic mass is 35.5. The van der Waals surface area contributed by atoms with E-state index in [1.165, 1.54) is 0 Å². The highest BCUT2D eigenvalue weighted by Gasteiger charge is 2.37. The quantitative estimate of drug-likeness (QED) is 0.218. The SMILES string of the molecule is CC(C)c1nccc(CCCO[Si](C)(C)C(C)(C)C)c1NC(=O)c1c(F)c(Cl)nc(Cl)c1C(N)=O. The van der Waals surface area contributed by atoms with Gasteiger partial charge in [-0.1, -0.05) is 57.8 Å². The number of pyridine rings is 2. The Morgan fingerprint density at radius 3 is 2.37 bits per heavy atom. The second-order valence-corrected chi connectivity index (χ2v) is 15.7. The molecule has 0 fully saturated rings. The molecular formula is C24H33Cl2FN4O3Si. The molecule has 2 aromatic heterocycles. The van der Waals surface area contributed by atoms with E-state index in [-0.39, 0.29) is 11.0 Å². The van der Waals surface area contributed by atoms with Crippen molar-refractivity contribution < 1.29 is 18.4 Å². The Hall–Kier alpha value is -2.07. The van der Waals surface area contributed by atoms with Crippen LogP contribution in [0, 0.1) is 5.82 Å². The summed E-state index contributed by atoms with van der Waals surface area (Å²) in [6, 6.07) is 1.80. The van der Waals surface area contributed by atoms with Crippen LogP contribution in [0.5, 0.6) is 0 Å². The van der Waals surface area contributed by atoms with Crippen molar-refractivity contribution in [3.8, 4) is 0 Å². The smallest absolute Gasteiger partial charge is 0.259 e. The van der Waals surface area contributed by atoms with Gasteiger partial charge in [-0.15, -0.1) is 0 Å². The highest BCUT2D eigenvalue weighted by Crippen LogP contribution is 2.37. The van der Waals surface area contributed by atoms with Gasteiger partial charge in [-0.2, -0.15) is 0 Å². The van der Waals surface area contributed by atoms with Gasteiger partial charge in [0.2, 0.25) is 0 Å². The van der Waals surface area contributed by atoms with Crippen molar-refractivity contribution in [2.24, 2.45) is 5.73 Å². The first kappa shape index (κ1) is 29.2. The summed E-state index contributed by atoms with van der Waals surface area (Å²) in [5, 5.41) is 1.74. The fraction of sp³-hybridized carbons (Fsp3) is 0.500. The summed E-state index contributed by atoms with van der Waals surface area (Å²) in [5.74, 6) is -3.24. The standard InChI is InChI=1S/C24H33Cl2FN4O3Si/c1-13(2)18-19(14(10-11-29-18)9-8-12-34-35(6,7)24(3,4)5)30-23(33)15-16(22(28)32)20(25)31-21(26)17(15)27/h10-11,13H,8-9,12H2,1-7H3,(H2,28,32)(H,30,33). The fourth-order valence-electron chi connectivity index (χ4n) is 3.24. The van der Waals surface area contributed by atoms with Gasteiger partial charge >= 0.3 is 0 Å². The summed E-state index contributed by atoms with van der Waals surface area (Å²) in [6.07, 6.45) is 2.98. The minimum atomic E-state index is -1.89. The van der Waals surface area contributed by atoms with Gasteiger partial charge in [-0.3, -0.25) is 14.6 Å². The van der Waals surface area contributed by atoms with E-state index >= 15 is 0 Å². The monoisotopic (exact) mass is 542 g/mol. The first-order valence-electron chi connectivity index (χ1n) is 11.4. The molecule has 2 rings (SSSR count). The zero-order chi connectivity index (χ0) is 26.7. The van der Waals surface area contributed by atoms with Crippen LogP contribution in [-0.4, -0.2) is 36.7 Å². The summed E-state index contributed by atoms with van der Waals surface area (Å²) in [7, 11) is -1.89. The predicted octanol–water partition coefficient (Wildman–Crippen LogP) is 6.35. The van der Waals surface area contributed by atoms with Crippen LogP contribution in [0.25, 0.3) is 0 Å². The highest BCUT2D eigenvalue weighted by molar-refractivity contribution is 6.74. The Balaban J connectivity index is 2.38. The number of halogens is 3. The van der Waals surface area contributed by atoms with E-state index in [1.807, 2.05) is 13.8 Å². The van der Waals surface area contributed by atoms with E-state index in [0.717, 1.165) is 5.56 Å². The molecule has 0 saturated heterocycles. The van der Waals surface area contributed by atoms with Crippen molar-refractivity contribution in [2.75, 3.05) is 11.9 Å². The van der Waals surface area contributed by atoms with Crippen LogP contribution < -0.4 is 11.1 Å². The number of hydrogen-bond donors (Lipinski definition) is 2. The fourth-order valence-corrected chi connectivity index (χ4v) is 4.82. The number of rotatable bonds is 9. The largest absolute Gasteiger partial charge is 0.417 e. The van der Waals surface area contributed by atoms with Crippen LogP contribution in [0.1, 0.15) is 78.9 Å². The Kier molecular flexibility index (Phi) is 9.44. The Labute approximate surface area is 217 Å². The van der Waals surface area contributed by atoms with Gasteiger partial charge in [0.25, 0.3) is 11.8 Å². The number of nitrogens with zero attached hydrogens (tertiary/aromatic N) is 2. The van der Waals surface area contributed by atoms with Gasteiger partial charge < -0.3 is 15.5 Å². The van der Waals surface area contributed by atoms with Crippen LogP contribution in [0.15, 0.2) is 12.3 Å². The normalized spacial score (nSPS) is 12.2. The van der Waals surface area contributed by atoms with Crippen molar-refractivity contribution in [2.45, 2.75) is 71.5 Å². The molecule has 2 heterocycles. The molecule has 2 amide bonds. The van der Waals surface area contributed by atoms with Crippen molar-refractivity contribution in [1.82, 2.24) is 9.97 Å². The Morgan fingerprint density at radius 1 is 1.20 bits per heavy atom.